The Morgan fingerprint density at radius 1 is 0.947 bits per heavy atom. The maximum absolute atomic E-state index is 6.10. The summed E-state index contributed by atoms with van der Waals surface area (Å²) < 4.78 is 0. The lowest BCUT2D eigenvalue weighted by Gasteiger charge is -2.20. The second kappa shape index (κ2) is 5.96. The fraction of sp³-hybridized carbons (Fsp3) is 0.250. The van der Waals surface area contributed by atoms with Crippen molar-refractivity contribution in [3.63, 3.8) is 0 Å². The number of nitrogens with one attached hydrogen (secondary N) is 1. The van der Waals surface area contributed by atoms with E-state index in [9.17, 15) is 0 Å². The molecule has 0 radical (unpaired) electrons. The molecule has 1 nitrogen and oxygen atoms in total. The summed E-state index contributed by atoms with van der Waals surface area (Å²) in [6.45, 7) is 4.21. The molecule has 0 saturated carbocycles. The van der Waals surface area contributed by atoms with Gasteiger partial charge in [0.1, 0.15) is 0 Å². The molecule has 2 aromatic rings. The molecule has 3 heteroatoms. The Kier molecular flexibility index (Phi) is 4.51. The van der Waals surface area contributed by atoms with Gasteiger partial charge in [0.05, 0.1) is 6.04 Å². The smallest absolute Gasteiger partial charge is 0.0578 e. The minimum absolute atomic E-state index is 0.0936. The molecule has 100 valence electrons. The first-order chi connectivity index (χ1) is 9.01. The van der Waals surface area contributed by atoms with Crippen LogP contribution in [0.15, 0.2) is 36.4 Å². The zero-order valence-corrected chi connectivity index (χ0v) is 12.8. The maximum atomic E-state index is 6.10. The average Bonchev–Trinajstić information content (AvgIpc) is 2.33. The van der Waals surface area contributed by atoms with Gasteiger partial charge in [-0.2, -0.15) is 0 Å². The molecule has 0 heterocycles. The molecule has 1 unspecified atom stereocenters. The molecule has 0 bridgehead atoms. The van der Waals surface area contributed by atoms with E-state index in [0.717, 1.165) is 5.56 Å². The summed E-state index contributed by atoms with van der Waals surface area (Å²) in [6.07, 6.45) is 0. The van der Waals surface area contributed by atoms with Crippen LogP contribution in [0.1, 0.15) is 28.3 Å². The van der Waals surface area contributed by atoms with Crippen molar-refractivity contribution in [2.24, 2.45) is 0 Å². The Morgan fingerprint density at radius 2 is 1.58 bits per heavy atom. The number of hydrogen-bond donors (Lipinski definition) is 1. The van der Waals surface area contributed by atoms with Crippen molar-refractivity contribution in [2.75, 3.05) is 7.05 Å². The third kappa shape index (κ3) is 3.30. The van der Waals surface area contributed by atoms with Crippen LogP contribution in [0.4, 0.5) is 0 Å². The number of benzene rings is 2. The summed E-state index contributed by atoms with van der Waals surface area (Å²) >= 11 is 12.2. The summed E-state index contributed by atoms with van der Waals surface area (Å²) in [5.74, 6) is 0. The van der Waals surface area contributed by atoms with E-state index >= 15 is 0 Å². The lowest BCUT2D eigenvalue weighted by molar-refractivity contribution is 0.687. The van der Waals surface area contributed by atoms with Gasteiger partial charge in [-0.05, 0) is 55.8 Å². The molecule has 0 spiro atoms. The number of rotatable bonds is 3. The van der Waals surface area contributed by atoms with Crippen LogP contribution < -0.4 is 5.32 Å². The van der Waals surface area contributed by atoms with Crippen LogP contribution in [0.3, 0.4) is 0 Å². The summed E-state index contributed by atoms with van der Waals surface area (Å²) in [5, 5.41) is 4.66. The first-order valence-corrected chi connectivity index (χ1v) is 6.97. The van der Waals surface area contributed by atoms with Crippen LogP contribution in [0.2, 0.25) is 10.0 Å². The lowest BCUT2D eigenvalue weighted by atomic mass is 9.94. The SMILES string of the molecule is CNC(c1cc(Cl)cc(Cl)c1)c1cc(C)ccc1C. The third-order valence-electron chi connectivity index (χ3n) is 3.25. The Balaban J connectivity index is 2.52. The lowest BCUT2D eigenvalue weighted by Crippen LogP contribution is -2.18. The van der Waals surface area contributed by atoms with Crippen LogP contribution in [-0.4, -0.2) is 7.05 Å². The van der Waals surface area contributed by atoms with Crippen molar-refractivity contribution < 1.29 is 0 Å². The molecule has 0 aromatic heterocycles. The summed E-state index contributed by atoms with van der Waals surface area (Å²) in [7, 11) is 1.95. The second-order valence-corrected chi connectivity index (χ2v) is 5.66. The van der Waals surface area contributed by atoms with Crippen molar-refractivity contribution in [1.29, 1.82) is 0 Å². The third-order valence-corrected chi connectivity index (χ3v) is 3.69. The molecular formula is C16H17Cl2N. The molecule has 0 fully saturated rings. The van der Waals surface area contributed by atoms with Crippen LogP contribution in [-0.2, 0) is 0 Å². The summed E-state index contributed by atoms with van der Waals surface area (Å²) in [5.41, 5.74) is 4.82. The highest BCUT2D eigenvalue weighted by Gasteiger charge is 2.15. The fourth-order valence-corrected chi connectivity index (χ4v) is 2.86. The van der Waals surface area contributed by atoms with Crippen molar-refractivity contribution in [3.05, 3.63) is 68.7 Å². The first-order valence-electron chi connectivity index (χ1n) is 6.21. The van der Waals surface area contributed by atoms with Crippen molar-refractivity contribution >= 4 is 23.2 Å². The highest BCUT2D eigenvalue weighted by Crippen LogP contribution is 2.29. The Labute approximate surface area is 124 Å². The van der Waals surface area contributed by atoms with Crippen LogP contribution in [0.25, 0.3) is 0 Å². The van der Waals surface area contributed by atoms with E-state index in [1.165, 1.54) is 16.7 Å². The number of aryl methyl sites for hydroxylation is 2. The minimum atomic E-state index is 0.0936. The monoisotopic (exact) mass is 293 g/mol. The molecule has 19 heavy (non-hydrogen) atoms. The van der Waals surface area contributed by atoms with Gasteiger partial charge in [0.25, 0.3) is 0 Å². The van der Waals surface area contributed by atoms with E-state index < -0.39 is 0 Å². The Morgan fingerprint density at radius 3 is 2.16 bits per heavy atom. The summed E-state index contributed by atoms with van der Waals surface area (Å²) in [4.78, 5) is 0. The minimum Gasteiger partial charge on any atom is -0.309 e. The molecule has 1 atom stereocenters. The molecule has 0 aliphatic heterocycles. The summed E-state index contributed by atoms with van der Waals surface area (Å²) in [6, 6.07) is 12.2. The second-order valence-electron chi connectivity index (χ2n) is 4.78. The topological polar surface area (TPSA) is 12.0 Å². The average molecular weight is 294 g/mol. The van der Waals surface area contributed by atoms with Gasteiger partial charge in [0, 0.05) is 10.0 Å². The van der Waals surface area contributed by atoms with Gasteiger partial charge < -0.3 is 5.32 Å². The molecule has 1 N–H and O–H groups in total. The van der Waals surface area contributed by atoms with Crippen LogP contribution >= 0.6 is 23.2 Å². The van der Waals surface area contributed by atoms with Crippen molar-refractivity contribution in [2.45, 2.75) is 19.9 Å². The maximum Gasteiger partial charge on any atom is 0.0578 e. The normalized spacial score (nSPS) is 12.5. The zero-order valence-electron chi connectivity index (χ0n) is 11.3. The zero-order chi connectivity index (χ0) is 14.0. The Hall–Kier alpha value is -1.02. The van der Waals surface area contributed by atoms with Gasteiger partial charge in [-0.3, -0.25) is 0 Å². The number of halogens is 2. The van der Waals surface area contributed by atoms with Crippen LogP contribution in [0, 0.1) is 13.8 Å². The van der Waals surface area contributed by atoms with E-state index in [4.69, 9.17) is 23.2 Å². The Bertz CT molecular complexity index is 573. The molecule has 2 rings (SSSR count). The quantitative estimate of drug-likeness (QED) is 0.847. The van der Waals surface area contributed by atoms with Gasteiger partial charge in [-0.15, -0.1) is 0 Å². The standard InChI is InChI=1S/C16H17Cl2N/c1-10-4-5-11(2)15(6-10)16(19-3)12-7-13(17)9-14(18)8-12/h4-9,16,19H,1-3H3. The first kappa shape index (κ1) is 14.4. The predicted octanol–water partition coefficient (Wildman–Crippen LogP) is 4.92. The van der Waals surface area contributed by atoms with Gasteiger partial charge in [0.15, 0.2) is 0 Å². The van der Waals surface area contributed by atoms with E-state index in [1.54, 1.807) is 6.07 Å². The molecule has 2 aromatic carbocycles. The van der Waals surface area contributed by atoms with Gasteiger partial charge >= 0.3 is 0 Å². The van der Waals surface area contributed by atoms with E-state index in [0.29, 0.717) is 10.0 Å². The van der Waals surface area contributed by atoms with Gasteiger partial charge in [-0.25, -0.2) is 0 Å². The molecule has 0 saturated heterocycles. The van der Waals surface area contributed by atoms with Gasteiger partial charge in [-0.1, -0.05) is 47.0 Å². The van der Waals surface area contributed by atoms with Crippen LogP contribution in [0.5, 0.6) is 0 Å². The van der Waals surface area contributed by atoms with E-state index in [2.05, 4.69) is 37.4 Å². The van der Waals surface area contributed by atoms with Crippen molar-refractivity contribution in [1.82, 2.24) is 5.32 Å². The fourth-order valence-electron chi connectivity index (χ4n) is 2.31. The van der Waals surface area contributed by atoms with Gasteiger partial charge in [0.2, 0.25) is 0 Å². The highest BCUT2D eigenvalue weighted by atomic mass is 35.5. The largest absolute Gasteiger partial charge is 0.309 e. The highest BCUT2D eigenvalue weighted by molar-refractivity contribution is 6.34. The molecule has 0 aliphatic rings. The number of hydrogen-bond acceptors (Lipinski definition) is 1. The van der Waals surface area contributed by atoms with E-state index in [-0.39, 0.29) is 6.04 Å². The van der Waals surface area contributed by atoms with E-state index in [1.807, 2.05) is 19.2 Å². The predicted molar refractivity (Wildman–Crippen MR) is 83.3 cm³/mol. The molecule has 0 amide bonds. The molecular weight excluding hydrogens is 277 g/mol. The van der Waals surface area contributed by atoms with Crippen molar-refractivity contribution in [3.8, 4) is 0 Å². The molecule has 0 aliphatic carbocycles.